The highest BCUT2D eigenvalue weighted by Crippen LogP contribution is 1.99. The summed E-state index contributed by atoms with van der Waals surface area (Å²) in [5.74, 6) is -1.88. The van der Waals surface area contributed by atoms with Crippen LogP contribution in [-0.2, 0) is 0 Å². The van der Waals surface area contributed by atoms with Crippen LogP contribution in [0.2, 0.25) is 0 Å². The Balaban J connectivity index is 0.000000195. The van der Waals surface area contributed by atoms with Crippen molar-refractivity contribution >= 4 is 11.9 Å². The van der Waals surface area contributed by atoms with E-state index in [1.54, 1.807) is 12.1 Å². The summed E-state index contributed by atoms with van der Waals surface area (Å²) in [5, 5.41) is 16.7. The van der Waals surface area contributed by atoms with Crippen LogP contribution in [0.5, 0.6) is 0 Å². The van der Waals surface area contributed by atoms with E-state index in [-0.39, 0.29) is 11.1 Å². The van der Waals surface area contributed by atoms with E-state index in [9.17, 15) is 9.59 Å². The number of pyridine rings is 2. The van der Waals surface area contributed by atoms with Crippen molar-refractivity contribution in [2.24, 2.45) is 0 Å². The number of carboxylic acids is 2. The fraction of sp³-hybridized carbons (Fsp3) is 0.100. The molecule has 0 unspecified atom stereocenters. The van der Waals surface area contributed by atoms with Gasteiger partial charge in [0.2, 0.25) is 0 Å². The van der Waals surface area contributed by atoms with Crippen LogP contribution in [0.1, 0.15) is 31.8 Å². The Morgan fingerprint density at radius 2 is 1.04 bits per heavy atom. The monoisotopic (exact) mass is 352 g/mol. The zero-order valence-corrected chi connectivity index (χ0v) is 14.5. The molecule has 26 heavy (non-hydrogen) atoms. The average molecular weight is 352 g/mol. The molecule has 0 saturated heterocycles. The maximum Gasteiger partial charge on any atom is 0.337 e. The summed E-state index contributed by atoms with van der Waals surface area (Å²) in [6.07, 6.45) is 5.68. The SMILES string of the molecule is Cc1ccc(C)cc1.O=C(O)c1cccnc1.O=C(O)c1cccnc1. The lowest BCUT2D eigenvalue weighted by atomic mass is 10.2. The molecule has 134 valence electrons. The van der Waals surface area contributed by atoms with E-state index in [2.05, 4.69) is 48.1 Å². The fourth-order valence-corrected chi connectivity index (χ4v) is 1.62. The second-order valence-corrected chi connectivity index (χ2v) is 5.25. The van der Waals surface area contributed by atoms with E-state index in [0.717, 1.165) is 0 Å². The standard InChI is InChI=1S/C8H10.2C6H5NO2/c1-7-3-5-8(2)6-4-7;2*8-6(9)5-2-1-3-7-4-5/h3-6H,1-2H3;2*1-4H,(H,8,9). The first kappa shape index (κ1) is 20.5. The minimum Gasteiger partial charge on any atom is -0.478 e. The molecule has 2 N–H and O–H groups in total. The molecular formula is C20H20N2O4. The van der Waals surface area contributed by atoms with Crippen LogP contribution in [0.25, 0.3) is 0 Å². The summed E-state index contributed by atoms with van der Waals surface area (Å²) >= 11 is 0. The van der Waals surface area contributed by atoms with Gasteiger partial charge in [0.1, 0.15) is 0 Å². The van der Waals surface area contributed by atoms with Crippen molar-refractivity contribution in [1.82, 2.24) is 9.97 Å². The quantitative estimate of drug-likeness (QED) is 0.726. The first-order valence-electron chi connectivity index (χ1n) is 7.70. The Labute approximate surface area is 151 Å². The number of rotatable bonds is 2. The van der Waals surface area contributed by atoms with Gasteiger partial charge in [-0.2, -0.15) is 0 Å². The predicted molar refractivity (Wildman–Crippen MR) is 98.3 cm³/mol. The molecule has 0 atom stereocenters. The van der Waals surface area contributed by atoms with Crippen molar-refractivity contribution in [2.75, 3.05) is 0 Å². The molecule has 2 heterocycles. The van der Waals surface area contributed by atoms with E-state index >= 15 is 0 Å². The highest BCUT2D eigenvalue weighted by Gasteiger charge is 1.98. The van der Waals surface area contributed by atoms with Gasteiger partial charge < -0.3 is 10.2 Å². The number of hydrogen-bond donors (Lipinski definition) is 2. The Morgan fingerprint density at radius 3 is 1.23 bits per heavy atom. The second-order valence-electron chi connectivity index (χ2n) is 5.25. The van der Waals surface area contributed by atoms with Gasteiger partial charge >= 0.3 is 11.9 Å². The normalized spacial score (nSPS) is 9.00. The second kappa shape index (κ2) is 11.1. The van der Waals surface area contributed by atoms with E-state index in [4.69, 9.17) is 10.2 Å². The van der Waals surface area contributed by atoms with E-state index in [1.807, 2.05) is 0 Å². The van der Waals surface area contributed by atoms with Crippen molar-refractivity contribution in [3.8, 4) is 0 Å². The minimum absolute atomic E-state index is 0.220. The highest BCUT2D eigenvalue weighted by molar-refractivity contribution is 5.87. The number of nitrogens with zero attached hydrogens (tertiary/aromatic N) is 2. The lowest BCUT2D eigenvalue weighted by molar-refractivity contribution is 0.0685. The van der Waals surface area contributed by atoms with E-state index in [1.165, 1.54) is 48.0 Å². The summed E-state index contributed by atoms with van der Waals surface area (Å²) < 4.78 is 0. The lowest BCUT2D eigenvalue weighted by Gasteiger charge is -1.90. The Kier molecular flexibility index (Phi) is 8.75. The molecule has 0 radical (unpaired) electrons. The van der Waals surface area contributed by atoms with Gasteiger partial charge in [-0.3, -0.25) is 9.97 Å². The minimum atomic E-state index is -0.942. The van der Waals surface area contributed by atoms with E-state index in [0.29, 0.717) is 0 Å². The Hall–Kier alpha value is -3.54. The molecule has 0 bridgehead atoms. The van der Waals surface area contributed by atoms with Crippen molar-refractivity contribution in [2.45, 2.75) is 13.8 Å². The van der Waals surface area contributed by atoms with Gasteiger partial charge in [-0.05, 0) is 38.1 Å². The van der Waals surface area contributed by atoms with E-state index < -0.39 is 11.9 Å². The molecule has 0 aliphatic rings. The highest BCUT2D eigenvalue weighted by atomic mass is 16.4. The summed E-state index contributed by atoms with van der Waals surface area (Å²) in [6, 6.07) is 14.6. The maximum atomic E-state index is 10.2. The molecule has 0 amide bonds. The Morgan fingerprint density at radius 1 is 0.692 bits per heavy atom. The Bertz CT molecular complexity index is 734. The topological polar surface area (TPSA) is 100 Å². The fourth-order valence-electron chi connectivity index (χ4n) is 1.62. The van der Waals surface area contributed by atoms with Crippen LogP contribution in [0.3, 0.4) is 0 Å². The number of aromatic carboxylic acids is 2. The zero-order valence-electron chi connectivity index (χ0n) is 14.5. The third-order valence-corrected chi connectivity index (χ3v) is 3.04. The number of carbonyl (C=O) groups is 2. The molecule has 1 aromatic carbocycles. The molecule has 2 aromatic heterocycles. The molecule has 0 aliphatic heterocycles. The van der Waals surface area contributed by atoms with Crippen LogP contribution in [0.15, 0.2) is 73.3 Å². The lowest BCUT2D eigenvalue weighted by Crippen LogP contribution is -1.94. The van der Waals surface area contributed by atoms with Gasteiger partial charge in [0.15, 0.2) is 0 Å². The summed E-state index contributed by atoms with van der Waals surface area (Å²) in [4.78, 5) is 27.6. The van der Waals surface area contributed by atoms with Gasteiger partial charge in [-0.15, -0.1) is 0 Å². The number of hydrogen-bond acceptors (Lipinski definition) is 4. The number of carboxylic acid groups (broad SMARTS) is 2. The molecule has 0 saturated carbocycles. The van der Waals surface area contributed by atoms with Crippen LogP contribution >= 0.6 is 0 Å². The van der Waals surface area contributed by atoms with Crippen molar-refractivity contribution in [3.05, 3.63) is 95.6 Å². The van der Waals surface area contributed by atoms with Gasteiger partial charge in [0, 0.05) is 24.8 Å². The van der Waals surface area contributed by atoms with Gasteiger partial charge in [0.05, 0.1) is 11.1 Å². The predicted octanol–water partition coefficient (Wildman–Crippen LogP) is 3.86. The van der Waals surface area contributed by atoms with Gasteiger partial charge in [-0.25, -0.2) is 9.59 Å². The van der Waals surface area contributed by atoms with Crippen molar-refractivity contribution in [1.29, 1.82) is 0 Å². The molecule has 3 aromatic rings. The van der Waals surface area contributed by atoms with Gasteiger partial charge in [-0.1, -0.05) is 35.4 Å². The molecule has 0 fully saturated rings. The van der Waals surface area contributed by atoms with Gasteiger partial charge in [0.25, 0.3) is 0 Å². The smallest absolute Gasteiger partial charge is 0.337 e. The number of benzene rings is 1. The zero-order chi connectivity index (χ0) is 19.4. The summed E-state index contributed by atoms with van der Waals surface area (Å²) in [7, 11) is 0. The third kappa shape index (κ3) is 8.35. The number of aromatic nitrogens is 2. The molecule has 6 heteroatoms. The largest absolute Gasteiger partial charge is 0.478 e. The molecule has 0 spiro atoms. The molecular weight excluding hydrogens is 332 g/mol. The molecule has 0 aliphatic carbocycles. The number of aryl methyl sites for hydroxylation is 2. The van der Waals surface area contributed by atoms with Crippen LogP contribution in [0.4, 0.5) is 0 Å². The first-order chi connectivity index (χ1) is 12.4. The van der Waals surface area contributed by atoms with Crippen LogP contribution < -0.4 is 0 Å². The average Bonchev–Trinajstić information content (AvgIpc) is 2.66. The molecule has 3 rings (SSSR count). The maximum absolute atomic E-state index is 10.2. The van der Waals surface area contributed by atoms with Crippen LogP contribution in [0, 0.1) is 13.8 Å². The summed E-state index contributed by atoms with van der Waals surface area (Å²) in [5.41, 5.74) is 3.10. The summed E-state index contributed by atoms with van der Waals surface area (Å²) in [6.45, 7) is 4.19. The van der Waals surface area contributed by atoms with Crippen molar-refractivity contribution in [3.63, 3.8) is 0 Å². The van der Waals surface area contributed by atoms with Crippen LogP contribution in [-0.4, -0.2) is 32.1 Å². The van der Waals surface area contributed by atoms with Crippen molar-refractivity contribution < 1.29 is 19.8 Å². The molecule has 6 nitrogen and oxygen atoms in total. The third-order valence-electron chi connectivity index (χ3n) is 3.04. The first-order valence-corrected chi connectivity index (χ1v) is 7.70.